The van der Waals surface area contributed by atoms with Crippen LogP contribution >= 0.6 is 0 Å². The lowest BCUT2D eigenvalue weighted by Crippen LogP contribution is -2.78. The highest BCUT2D eigenvalue weighted by Gasteiger charge is 2.46. The van der Waals surface area contributed by atoms with Crippen LogP contribution in [0.4, 0.5) is 0 Å². The number of hydrogen-bond donors (Lipinski definition) is 0. The summed E-state index contributed by atoms with van der Waals surface area (Å²) in [5.74, 6) is 1.79. The zero-order chi connectivity index (χ0) is 52.8. The number of hydrogen-bond acceptors (Lipinski definition) is 3. The van der Waals surface area contributed by atoms with Gasteiger partial charge in [-0.3, -0.25) is 4.57 Å². The predicted molar refractivity (Wildman–Crippen MR) is 330 cm³/mol. The van der Waals surface area contributed by atoms with E-state index in [2.05, 4.69) is 313 Å². The van der Waals surface area contributed by atoms with Crippen molar-refractivity contribution in [2.75, 3.05) is 0 Å². The van der Waals surface area contributed by atoms with E-state index in [0.29, 0.717) is 17.6 Å². The molecule has 0 atom stereocenters. The van der Waals surface area contributed by atoms with Crippen LogP contribution in [0.5, 0.6) is 0 Å². The largest absolute Gasteiger partial charge is 0.278 e. The molecule has 12 rings (SSSR count). The van der Waals surface area contributed by atoms with Gasteiger partial charge in [0, 0.05) is 21.9 Å². The van der Waals surface area contributed by atoms with Gasteiger partial charge in [0.15, 0.2) is 27.8 Å². The molecule has 77 heavy (non-hydrogen) atoms. The van der Waals surface area contributed by atoms with Gasteiger partial charge in [0.25, 0.3) is 0 Å². The number of rotatable bonds is 11. The highest BCUT2D eigenvalue weighted by atomic mass is 28.3. The Morgan fingerprint density at radius 3 is 0.896 bits per heavy atom. The minimum Gasteiger partial charge on any atom is -0.278 e. The van der Waals surface area contributed by atoms with Gasteiger partial charge in [0.05, 0.1) is 11.0 Å². The van der Waals surface area contributed by atoms with Gasteiger partial charge in [-0.25, -0.2) is 4.98 Å². The second-order valence-corrected chi connectivity index (χ2v) is 30.1. The molecule has 0 fully saturated rings. The lowest BCUT2D eigenvalue weighted by Gasteiger charge is -2.38. The van der Waals surface area contributed by atoms with E-state index >= 15 is 0 Å². The van der Waals surface area contributed by atoms with Gasteiger partial charge in [0.2, 0.25) is 5.95 Å². The zero-order valence-electron chi connectivity index (χ0n) is 44.7. The van der Waals surface area contributed by atoms with Crippen LogP contribution in [0.1, 0.15) is 52.7 Å². The predicted octanol–water partition coefficient (Wildman–Crippen LogP) is 11.7. The molecule has 0 aliphatic rings. The zero-order valence-corrected chi connectivity index (χ0v) is 46.7. The quantitative estimate of drug-likeness (QED) is 0.0958. The maximum atomic E-state index is 5.77. The average molecular weight is 1030 g/mol. The molecule has 2 heterocycles. The fourth-order valence-electron chi connectivity index (χ4n) is 11.8. The van der Waals surface area contributed by atoms with Crippen LogP contribution in [-0.2, 0) is 10.8 Å². The van der Waals surface area contributed by atoms with Crippen molar-refractivity contribution in [1.29, 1.82) is 0 Å². The molecule has 12 aromatic rings. The molecule has 0 radical (unpaired) electrons. The van der Waals surface area contributed by atoms with E-state index in [0.717, 1.165) is 22.2 Å². The molecule has 0 spiro atoms. The van der Waals surface area contributed by atoms with Gasteiger partial charge in [-0.15, -0.1) is 0 Å². The van der Waals surface area contributed by atoms with E-state index in [4.69, 9.17) is 15.0 Å². The molecule has 0 saturated heterocycles. The van der Waals surface area contributed by atoms with Crippen molar-refractivity contribution >= 4 is 79.4 Å². The summed E-state index contributed by atoms with van der Waals surface area (Å²) in [4.78, 5) is 16.9. The van der Waals surface area contributed by atoms with E-state index in [1.54, 1.807) is 0 Å². The van der Waals surface area contributed by atoms with E-state index < -0.39 is 16.1 Å². The number of nitrogens with zero attached hydrogens (tertiary/aromatic N) is 4. The van der Waals surface area contributed by atoms with E-state index in [1.807, 2.05) is 0 Å². The van der Waals surface area contributed by atoms with Crippen LogP contribution in [-0.4, -0.2) is 35.7 Å². The Hall–Kier alpha value is -8.56. The molecular formula is C71H62N4Si2. The number of aromatic nitrogens is 4. The molecule has 0 aliphatic heterocycles. The van der Waals surface area contributed by atoms with Gasteiger partial charge in [-0.1, -0.05) is 284 Å². The van der Waals surface area contributed by atoms with Crippen molar-refractivity contribution in [2.45, 2.75) is 52.4 Å². The van der Waals surface area contributed by atoms with Gasteiger partial charge in [0.1, 0.15) is 0 Å². The Balaban J connectivity index is 1.25. The molecule has 0 bridgehead atoms. The topological polar surface area (TPSA) is 43.6 Å². The summed E-state index contributed by atoms with van der Waals surface area (Å²) in [5.41, 5.74) is 6.41. The maximum absolute atomic E-state index is 5.77. The van der Waals surface area contributed by atoms with Gasteiger partial charge >= 0.3 is 0 Å². The second kappa shape index (κ2) is 19.9. The van der Waals surface area contributed by atoms with Crippen LogP contribution in [0, 0.1) is 0 Å². The van der Waals surface area contributed by atoms with Crippen LogP contribution in [0.2, 0.25) is 0 Å². The van der Waals surface area contributed by atoms with E-state index in [1.165, 1.54) is 63.4 Å². The smallest absolute Gasteiger partial charge is 0.238 e. The SMILES string of the molecule is CC(C)(C)c1ccc2c(c1)c1cc(C(C)(C)C)ccc1n2-c1nc(-c2ccccc2)nc(-c2cc([Si](c3ccccc3)(c3ccccc3)c3ccccc3)cc([Si](c3ccccc3)(c3ccccc3)c3ccccc3)c2)n1. The van der Waals surface area contributed by atoms with Gasteiger partial charge in [-0.05, 0) is 87.7 Å². The summed E-state index contributed by atoms with van der Waals surface area (Å²) < 4.78 is 2.28. The first-order valence-electron chi connectivity index (χ1n) is 26.8. The number of benzene rings is 10. The third kappa shape index (κ3) is 8.77. The highest BCUT2D eigenvalue weighted by molar-refractivity contribution is 7.22. The number of fused-ring (bicyclic) bond motifs is 3. The van der Waals surface area contributed by atoms with Gasteiger partial charge < -0.3 is 0 Å². The van der Waals surface area contributed by atoms with Crippen LogP contribution in [0.15, 0.2) is 267 Å². The van der Waals surface area contributed by atoms with Crippen molar-refractivity contribution in [3.8, 4) is 28.7 Å². The third-order valence-corrected chi connectivity index (χ3v) is 25.2. The van der Waals surface area contributed by atoms with Crippen molar-refractivity contribution in [2.24, 2.45) is 0 Å². The van der Waals surface area contributed by atoms with Crippen molar-refractivity contribution < 1.29 is 0 Å². The normalized spacial score (nSPS) is 12.3. The molecule has 0 amide bonds. The van der Waals surface area contributed by atoms with E-state index in [-0.39, 0.29) is 10.8 Å². The lowest BCUT2D eigenvalue weighted by atomic mass is 9.85. The first-order valence-corrected chi connectivity index (χ1v) is 30.8. The van der Waals surface area contributed by atoms with Crippen molar-refractivity contribution in [1.82, 2.24) is 19.5 Å². The van der Waals surface area contributed by atoms with Crippen molar-refractivity contribution in [3.63, 3.8) is 0 Å². The molecule has 374 valence electrons. The fourth-order valence-corrected chi connectivity index (χ4v) is 21.6. The molecule has 0 N–H and O–H groups in total. The molecule has 4 nitrogen and oxygen atoms in total. The minimum absolute atomic E-state index is 0.0522. The molecule has 6 heteroatoms. The fraction of sp³-hybridized carbons (Fsp3) is 0.113. The van der Waals surface area contributed by atoms with Crippen LogP contribution in [0.25, 0.3) is 50.5 Å². The molecule has 0 unspecified atom stereocenters. The Morgan fingerprint density at radius 2 is 0.584 bits per heavy atom. The molecular weight excluding hydrogens is 965 g/mol. The summed E-state index contributed by atoms with van der Waals surface area (Å²) in [6.45, 7) is 13.7. The third-order valence-electron chi connectivity index (χ3n) is 15.7. The summed E-state index contributed by atoms with van der Waals surface area (Å²) in [6, 6.07) is 99.2. The van der Waals surface area contributed by atoms with Gasteiger partial charge in [-0.2, -0.15) is 9.97 Å². The Bertz CT molecular complexity index is 3610. The Kier molecular flexibility index (Phi) is 12.7. The average Bonchev–Trinajstić information content (AvgIpc) is 4.02. The Morgan fingerprint density at radius 1 is 0.286 bits per heavy atom. The summed E-state index contributed by atoms with van der Waals surface area (Å²) in [5, 5.41) is 12.6. The van der Waals surface area contributed by atoms with Crippen LogP contribution in [0.3, 0.4) is 0 Å². The molecule has 10 aromatic carbocycles. The van der Waals surface area contributed by atoms with E-state index in [9.17, 15) is 0 Å². The maximum Gasteiger partial charge on any atom is 0.238 e. The lowest BCUT2D eigenvalue weighted by molar-refractivity contribution is 0.590. The first kappa shape index (κ1) is 49.3. The minimum atomic E-state index is -3.19. The van der Waals surface area contributed by atoms with Crippen LogP contribution < -0.4 is 41.5 Å². The monoisotopic (exact) mass is 1030 g/mol. The van der Waals surface area contributed by atoms with Crippen molar-refractivity contribution in [3.05, 3.63) is 278 Å². The summed E-state index contributed by atoms with van der Waals surface area (Å²) >= 11 is 0. The molecule has 2 aromatic heterocycles. The second-order valence-electron chi connectivity index (χ2n) is 22.4. The summed E-state index contributed by atoms with van der Waals surface area (Å²) in [6.07, 6.45) is 0. The standard InChI is InChI=1S/C71H62N4Si2/c1-70(2,3)53-42-44-65-63(48-53)64-49-54(71(4,5)6)43-45-66(64)75(65)69-73-67(51-28-14-7-15-29-51)72-68(74-69)52-46-61(76(55-30-16-8-17-31-55,56-32-18-9-19-33-56)57-34-20-10-21-35-57)50-62(47-52)77(58-36-22-11-23-37-58,59-38-24-12-25-39-59)60-40-26-13-27-41-60/h7-50H,1-6H3. The highest BCUT2D eigenvalue weighted by Crippen LogP contribution is 2.38. The molecule has 0 aliphatic carbocycles. The molecule has 0 saturated carbocycles. The first-order chi connectivity index (χ1) is 37.4. The summed E-state index contributed by atoms with van der Waals surface area (Å²) in [7, 11) is -6.38. The Labute approximate surface area is 455 Å².